The molecule has 0 amide bonds. The molecular weight excluding hydrogens is 250 g/mol. The number of carboxylic acids is 1. The fraction of sp³-hybridized carbons (Fsp3) is 0.583. The molecule has 1 aliphatic heterocycles. The number of hydrogen-bond acceptors (Lipinski definition) is 4. The largest absolute Gasteiger partial charge is 0.478 e. The molecule has 2 N–H and O–H groups in total. The van der Waals surface area contributed by atoms with Crippen LogP contribution in [-0.4, -0.2) is 46.1 Å². The first-order chi connectivity index (χ1) is 8.49. The van der Waals surface area contributed by atoms with Crippen LogP contribution in [0.15, 0.2) is 0 Å². The number of aryl methyl sites for hydroxylation is 1. The van der Waals surface area contributed by atoms with E-state index in [0.717, 1.165) is 25.9 Å². The number of hydrogen-bond donors (Lipinski definition) is 2. The second-order valence-corrected chi connectivity index (χ2v) is 5.20. The van der Waals surface area contributed by atoms with E-state index in [1.54, 1.807) is 6.92 Å². The van der Waals surface area contributed by atoms with Gasteiger partial charge in [-0.25, -0.2) is 9.78 Å². The number of aromatic carboxylic acids is 1. The SMILES string of the molecule is Cc1[nH]c(=S)nc(C2CCN(C)CC2)c1C(=O)O. The third-order valence-electron chi connectivity index (χ3n) is 3.47. The molecule has 0 atom stereocenters. The third kappa shape index (κ3) is 2.59. The first kappa shape index (κ1) is 13.2. The predicted molar refractivity (Wildman–Crippen MR) is 70.6 cm³/mol. The smallest absolute Gasteiger partial charge is 0.339 e. The van der Waals surface area contributed by atoms with Gasteiger partial charge in [0.1, 0.15) is 5.56 Å². The summed E-state index contributed by atoms with van der Waals surface area (Å²) < 4.78 is 0.367. The molecule has 0 bridgehead atoms. The van der Waals surface area contributed by atoms with Crippen LogP contribution in [0.3, 0.4) is 0 Å². The molecule has 1 aromatic rings. The Hall–Kier alpha value is -1.27. The Morgan fingerprint density at radius 2 is 2.11 bits per heavy atom. The van der Waals surface area contributed by atoms with E-state index >= 15 is 0 Å². The summed E-state index contributed by atoms with van der Waals surface area (Å²) in [6.45, 7) is 3.67. The molecule has 1 aromatic heterocycles. The first-order valence-corrected chi connectivity index (χ1v) is 6.42. The Morgan fingerprint density at radius 3 is 2.67 bits per heavy atom. The van der Waals surface area contributed by atoms with E-state index in [4.69, 9.17) is 12.2 Å². The number of aromatic amines is 1. The van der Waals surface area contributed by atoms with Gasteiger partial charge >= 0.3 is 5.97 Å². The molecule has 0 unspecified atom stereocenters. The number of carboxylic acid groups (broad SMARTS) is 1. The van der Waals surface area contributed by atoms with Crippen molar-refractivity contribution in [3.8, 4) is 0 Å². The van der Waals surface area contributed by atoms with Crippen molar-refractivity contribution < 1.29 is 9.90 Å². The zero-order valence-electron chi connectivity index (χ0n) is 10.6. The van der Waals surface area contributed by atoms with Gasteiger partial charge in [0.15, 0.2) is 4.77 Å². The summed E-state index contributed by atoms with van der Waals surface area (Å²) in [6.07, 6.45) is 1.87. The molecule has 0 saturated carbocycles. The Bertz CT molecular complexity index is 519. The molecule has 0 aromatic carbocycles. The first-order valence-electron chi connectivity index (χ1n) is 6.01. The number of nitrogens with zero attached hydrogens (tertiary/aromatic N) is 2. The van der Waals surface area contributed by atoms with E-state index in [9.17, 15) is 9.90 Å². The Morgan fingerprint density at radius 1 is 1.50 bits per heavy atom. The molecule has 1 aliphatic rings. The van der Waals surface area contributed by atoms with E-state index in [1.165, 1.54) is 0 Å². The molecule has 2 heterocycles. The number of carbonyl (C=O) groups is 1. The van der Waals surface area contributed by atoms with Gasteiger partial charge in [-0.3, -0.25) is 0 Å². The van der Waals surface area contributed by atoms with Crippen LogP contribution in [0.4, 0.5) is 0 Å². The van der Waals surface area contributed by atoms with Crippen LogP contribution in [0.5, 0.6) is 0 Å². The summed E-state index contributed by atoms with van der Waals surface area (Å²) in [5.41, 5.74) is 1.53. The number of piperidine rings is 1. The van der Waals surface area contributed by atoms with Crippen LogP contribution in [0.2, 0.25) is 0 Å². The van der Waals surface area contributed by atoms with Crippen molar-refractivity contribution in [2.45, 2.75) is 25.7 Å². The molecular formula is C12H17N3O2S. The van der Waals surface area contributed by atoms with Crippen LogP contribution >= 0.6 is 12.2 Å². The van der Waals surface area contributed by atoms with Gasteiger partial charge in [-0.05, 0) is 52.1 Å². The average molecular weight is 267 g/mol. The molecule has 98 valence electrons. The van der Waals surface area contributed by atoms with E-state index in [1.807, 2.05) is 0 Å². The Labute approximate surface area is 111 Å². The van der Waals surface area contributed by atoms with E-state index in [0.29, 0.717) is 16.2 Å². The molecule has 2 rings (SSSR count). The minimum Gasteiger partial charge on any atom is -0.478 e. The minimum atomic E-state index is -0.930. The third-order valence-corrected chi connectivity index (χ3v) is 3.66. The lowest BCUT2D eigenvalue weighted by molar-refractivity contribution is 0.0692. The molecule has 0 radical (unpaired) electrons. The summed E-state index contributed by atoms with van der Waals surface area (Å²) in [6, 6.07) is 0. The lowest BCUT2D eigenvalue weighted by Gasteiger charge is -2.29. The maximum Gasteiger partial charge on any atom is 0.339 e. The number of likely N-dealkylation sites (tertiary alicyclic amines) is 1. The van der Waals surface area contributed by atoms with Gasteiger partial charge in [0.25, 0.3) is 0 Å². The van der Waals surface area contributed by atoms with Crippen LogP contribution in [0.1, 0.15) is 40.5 Å². The van der Waals surface area contributed by atoms with Crippen molar-refractivity contribution >= 4 is 18.2 Å². The summed E-state index contributed by atoms with van der Waals surface area (Å²) in [7, 11) is 2.07. The zero-order chi connectivity index (χ0) is 13.3. The molecule has 0 spiro atoms. The van der Waals surface area contributed by atoms with Gasteiger partial charge in [-0.2, -0.15) is 0 Å². The van der Waals surface area contributed by atoms with E-state index in [-0.39, 0.29) is 11.5 Å². The van der Waals surface area contributed by atoms with Crippen molar-refractivity contribution in [2.24, 2.45) is 0 Å². The standard InChI is InChI=1S/C12H17N3O2S/c1-7-9(11(16)17)10(14-12(18)13-7)8-3-5-15(2)6-4-8/h8H,3-6H2,1-2H3,(H,16,17)(H,13,14,18). The van der Waals surface area contributed by atoms with Gasteiger partial charge in [0.05, 0.1) is 5.69 Å². The van der Waals surface area contributed by atoms with E-state index in [2.05, 4.69) is 21.9 Å². The highest BCUT2D eigenvalue weighted by Crippen LogP contribution is 2.29. The molecule has 1 saturated heterocycles. The normalized spacial score (nSPS) is 17.9. The second kappa shape index (κ2) is 5.16. The lowest BCUT2D eigenvalue weighted by Crippen LogP contribution is -2.30. The summed E-state index contributed by atoms with van der Waals surface area (Å²) in [5, 5.41) is 9.32. The van der Waals surface area contributed by atoms with Gasteiger partial charge in [0, 0.05) is 11.6 Å². The van der Waals surface area contributed by atoms with Gasteiger partial charge in [-0.15, -0.1) is 0 Å². The predicted octanol–water partition coefficient (Wildman–Crippen LogP) is 1.96. The molecule has 6 heteroatoms. The van der Waals surface area contributed by atoms with Gasteiger partial charge in [-0.1, -0.05) is 0 Å². The highest BCUT2D eigenvalue weighted by atomic mass is 32.1. The fourth-order valence-corrected chi connectivity index (χ4v) is 2.71. The maximum atomic E-state index is 11.4. The zero-order valence-corrected chi connectivity index (χ0v) is 11.4. The van der Waals surface area contributed by atoms with Crippen molar-refractivity contribution in [3.05, 3.63) is 21.7 Å². The van der Waals surface area contributed by atoms with Gasteiger partial charge < -0.3 is 15.0 Å². The Kier molecular flexibility index (Phi) is 3.77. The van der Waals surface area contributed by atoms with Crippen molar-refractivity contribution in [2.75, 3.05) is 20.1 Å². The average Bonchev–Trinajstić information content (AvgIpc) is 2.28. The molecule has 0 aliphatic carbocycles. The number of aromatic nitrogens is 2. The quantitative estimate of drug-likeness (QED) is 0.802. The van der Waals surface area contributed by atoms with Crippen LogP contribution in [0, 0.1) is 11.7 Å². The van der Waals surface area contributed by atoms with Crippen molar-refractivity contribution in [1.82, 2.24) is 14.9 Å². The van der Waals surface area contributed by atoms with Crippen molar-refractivity contribution in [1.29, 1.82) is 0 Å². The number of rotatable bonds is 2. The minimum absolute atomic E-state index is 0.197. The topological polar surface area (TPSA) is 69.2 Å². The summed E-state index contributed by atoms with van der Waals surface area (Å²) >= 11 is 5.06. The van der Waals surface area contributed by atoms with Gasteiger partial charge in [0.2, 0.25) is 0 Å². The molecule has 1 fully saturated rings. The highest BCUT2D eigenvalue weighted by Gasteiger charge is 2.26. The van der Waals surface area contributed by atoms with Crippen LogP contribution in [0.25, 0.3) is 0 Å². The Balaban J connectivity index is 2.43. The summed E-state index contributed by atoms with van der Waals surface area (Å²) in [5.74, 6) is -0.734. The van der Waals surface area contributed by atoms with Crippen molar-refractivity contribution in [3.63, 3.8) is 0 Å². The fourth-order valence-electron chi connectivity index (χ4n) is 2.46. The van der Waals surface area contributed by atoms with Crippen LogP contribution in [-0.2, 0) is 0 Å². The van der Waals surface area contributed by atoms with E-state index < -0.39 is 5.97 Å². The monoisotopic (exact) mass is 267 g/mol. The second-order valence-electron chi connectivity index (χ2n) is 4.81. The lowest BCUT2D eigenvalue weighted by atomic mass is 9.90. The highest BCUT2D eigenvalue weighted by molar-refractivity contribution is 7.71. The van der Waals surface area contributed by atoms with Crippen LogP contribution < -0.4 is 0 Å². The molecule has 18 heavy (non-hydrogen) atoms. The maximum absolute atomic E-state index is 11.4. The molecule has 5 nitrogen and oxygen atoms in total. The summed E-state index contributed by atoms with van der Waals surface area (Å²) in [4.78, 5) is 20.7. The number of nitrogens with one attached hydrogen (secondary N) is 1. The number of H-pyrrole nitrogens is 1.